The van der Waals surface area contributed by atoms with Crippen molar-refractivity contribution in [3.05, 3.63) is 50.4 Å². The van der Waals surface area contributed by atoms with Crippen LogP contribution in [0.2, 0.25) is 5.02 Å². The van der Waals surface area contributed by atoms with E-state index in [1.807, 2.05) is 12.1 Å². The summed E-state index contributed by atoms with van der Waals surface area (Å²) in [4.78, 5) is 21.0. The highest BCUT2D eigenvalue weighted by Crippen LogP contribution is 2.31. The van der Waals surface area contributed by atoms with Crippen LogP contribution in [-0.2, 0) is 10.5 Å². The molecule has 0 aliphatic rings. The molecule has 0 atom stereocenters. The van der Waals surface area contributed by atoms with Gasteiger partial charge in [0.15, 0.2) is 8.29 Å². The summed E-state index contributed by atoms with van der Waals surface area (Å²) in [6, 6.07) is 7.27. The number of fused-ring (bicyclic) bond motifs is 1. The van der Waals surface area contributed by atoms with Crippen LogP contribution in [0, 0.1) is 10.9 Å². The van der Waals surface area contributed by atoms with E-state index in [1.165, 1.54) is 23.1 Å². The van der Waals surface area contributed by atoms with E-state index >= 15 is 0 Å². The molecule has 0 unspecified atom stereocenters. The highest BCUT2D eigenvalue weighted by molar-refractivity contribution is 8.00. The molecule has 0 aliphatic heterocycles. The van der Waals surface area contributed by atoms with Gasteiger partial charge in [-0.15, -0.1) is 5.10 Å². The van der Waals surface area contributed by atoms with Crippen molar-refractivity contribution < 1.29 is 13.9 Å². The first-order chi connectivity index (χ1) is 14.9. The lowest BCUT2D eigenvalue weighted by molar-refractivity contribution is 0.0526. The van der Waals surface area contributed by atoms with Crippen LogP contribution in [0.15, 0.2) is 33.0 Å². The minimum atomic E-state index is -0.510. The second kappa shape index (κ2) is 8.95. The molecule has 12 heteroatoms. The van der Waals surface area contributed by atoms with Crippen LogP contribution in [0.1, 0.15) is 28.9 Å². The van der Waals surface area contributed by atoms with E-state index in [0.29, 0.717) is 31.7 Å². The van der Waals surface area contributed by atoms with Gasteiger partial charge in [0.25, 0.3) is 0 Å². The summed E-state index contributed by atoms with van der Waals surface area (Å²) in [6.45, 7) is 3.64. The van der Waals surface area contributed by atoms with Crippen molar-refractivity contribution in [2.45, 2.75) is 23.9 Å². The molecule has 0 radical (unpaired) electrons. The van der Waals surface area contributed by atoms with Crippen molar-refractivity contribution in [1.82, 2.24) is 19.7 Å². The summed E-state index contributed by atoms with van der Waals surface area (Å²) in [7, 11) is 0. The van der Waals surface area contributed by atoms with Crippen molar-refractivity contribution >= 4 is 69.8 Å². The molecule has 31 heavy (non-hydrogen) atoms. The molecule has 0 saturated carbocycles. The van der Waals surface area contributed by atoms with Crippen molar-refractivity contribution in [3.63, 3.8) is 0 Å². The normalized spacial score (nSPS) is 11.2. The van der Waals surface area contributed by atoms with Gasteiger partial charge in [0.1, 0.15) is 23.0 Å². The fourth-order valence-corrected chi connectivity index (χ4v) is 5.23. The molecule has 0 spiro atoms. The standard InChI is InChI=1S/C19H16ClN5O3S3/c1-3-27-17(26)13-9(2)28-16-14(13)15(21)22-12(23-16)8-30-18-24-25(19(29)31-18)11-6-4-10(20)5-7-11/h4-7H,3,8H2,1-2H3,(H2,21,22,23). The zero-order chi connectivity index (χ0) is 22.1. The van der Waals surface area contributed by atoms with Crippen LogP contribution >= 0.6 is 46.9 Å². The number of anilines is 1. The topological polar surface area (TPSA) is 109 Å². The van der Waals surface area contributed by atoms with Crippen molar-refractivity contribution in [3.8, 4) is 5.69 Å². The smallest absolute Gasteiger partial charge is 0.342 e. The number of thioether (sulfide) groups is 1. The minimum Gasteiger partial charge on any atom is -0.462 e. The number of ether oxygens (including phenoxy) is 1. The number of halogens is 1. The first-order valence-electron chi connectivity index (χ1n) is 9.09. The maximum Gasteiger partial charge on any atom is 0.342 e. The fraction of sp³-hybridized carbons (Fsp3) is 0.211. The van der Waals surface area contributed by atoms with Crippen LogP contribution in [0.3, 0.4) is 0 Å². The van der Waals surface area contributed by atoms with E-state index in [0.717, 1.165) is 10.0 Å². The second-order valence-electron chi connectivity index (χ2n) is 6.27. The quantitative estimate of drug-likeness (QED) is 0.220. The summed E-state index contributed by atoms with van der Waals surface area (Å²) in [5.41, 5.74) is 7.46. The Labute approximate surface area is 195 Å². The lowest BCUT2D eigenvalue weighted by Crippen LogP contribution is -2.07. The van der Waals surface area contributed by atoms with E-state index in [4.69, 9.17) is 38.7 Å². The Morgan fingerprint density at radius 1 is 1.35 bits per heavy atom. The molecule has 1 aromatic carbocycles. The monoisotopic (exact) mass is 493 g/mol. The third-order valence-electron chi connectivity index (χ3n) is 4.21. The number of aryl methyl sites for hydroxylation is 1. The predicted molar refractivity (Wildman–Crippen MR) is 124 cm³/mol. The number of nitrogens with two attached hydrogens (primary N) is 1. The molecule has 3 aromatic heterocycles. The van der Waals surface area contributed by atoms with E-state index in [1.54, 1.807) is 30.7 Å². The number of carbonyl (C=O) groups excluding carboxylic acids is 1. The van der Waals surface area contributed by atoms with Crippen molar-refractivity contribution in [1.29, 1.82) is 0 Å². The summed E-state index contributed by atoms with van der Waals surface area (Å²) in [5.74, 6) is 0.901. The van der Waals surface area contributed by atoms with Crippen LogP contribution in [0.25, 0.3) is 16.8 Å². The van der Waals surface area contributed by atoms with E-state index in [2.05, 4.69) is 15.1 Å². The molecule has 0 amide bonds. The number of aromatic nitrogens is 4. The molecule has 160 valence electrons. The Balaban J connectivity index is 1.57. The summed E-state index contributed by atoms with van der Waals surface area (Å²) >= 11 is 14.2. The average molecular weight is 494 g/mol. The number of benzene rings is 1. The van der Waals surface area contributed by atoms with Gasteiger partial charge >= 0.3 is 5.97 Å². The Bertz CT molecular complexity index is 1330. The van der Waals surface area contributed by atoms with E-state index in [9.17, 15) is 4.79 Å². The number of furan rings is 1. The molecule has 3 heterocycles. The van der Waals surface area contributed by atoms with Crippen LogP contribution in [-0.4, -0.2) is 32.3 Å². The summed E-state index contributed by atoms with van der Waals surface area (Å²) in [5, 5.41) is 5.56. The van der Waals surface area contributed by atoms with Gasteiger partial charge in [0, 0.05) is 5.02 Å². The lowest BCUT2D eigenvalue weighted by Gasteiger charge is -2.03. The molecular weight excluding hydrogens is 478 g/mol. The Kier molecular flexibility index (Phi) is 6.28. The molecule has 8 nitrogen and oxygen atoms in total. The summed E-state index contributed by atoms with van der Waals surface area (Å²) < 4.78 is 13.8. The van der Waals surface area contributed by atoms with Crippen molar-refractivity contribution in [2.24, 2.45) is 0 Å². The largest absolute Gasteiger partial charge is 0.462 e. The fourth-order valence-electron chi connectivity index (χ4n) is 2.89. The number of nitrogens with zero attached hydrogens (tertiary/aromatic N) is 4. The van der Waals surface area contributed by atoms with Gasteiger partial charge in [-0.25, -0.2) is 14.5 Å². The van der Waals surface area contributed by atoms with Crippen LogP contribution in [0.4, 0.5) is 5.82 Å². The molecular formula is C19H16ClN5O3S3. The number of esters is 1. The first-order valence-corrected chi connectivity index (χ1v) is 11.7. The zero-order valence-corrected chi connectivity index (χ0v) is 19.6. The number of rotatable bonds is 6. The maximum absolute atomic E-state index is 12.2. The SMILES string of the molecule is CCOC(=O)c1c(C)oc2nc(CSc3nn(-c4ccc(Cl)cc4)c(=S)s3)nc(N)c12. The molecule has 4 aromatic rings. The van der Waals surface area contributed by atoms with Crippen LogP contribution < -0.4 is 5.73 Å². The average Bonchev–Trinajstić information content (AvgIpc) is 3.26. The number of nitrogen functional groups attached to an aromatic ring is 1. The number of carbonyl (C=O) groups is 1. The third-order valence-corrected chi connectivity index (χ3v) is 6.82. The molecule has 4 rings (SSSR count). The molecule has 2 N–H and O–H groups in total. The van der Waals surface area contributed by atoms with E-state index < -0.39 is 5.97 Å². The zero-order valence-electron chi connectivity index (χ0n) is 16.4. The minimum absolute atomic E-state index is 0.167. The van der Waals surface area contributed by atoms with Gasteiger partial charge in [-0.2, -0.15) is 4.98 Å². The number of hydrogen-bond donors (Lipinski definition) is 1. The summed E-state index contributed by atoms with van der Waals surface area (Å²) in [6.07, 6.45) is 0. The molecule has 0 saturated heterocycles. The number of hydrogen-bond acceptors (Lipinski definition) is 10. The van der Waals surface area contributed by atoms with Gasteiger partial charge in [0.05, 0.1) is 23.4 Å². The highest BCUT2D eigenvalue weighted by Gasteiger charge is 2.24. The highest BCUT2D eigenvalue weighted by atomic mass is 35.5. The van der Waals surface area contributed by atoms with Crippen molar-refractivity contribution in [2.75, 3.05) is 12.3 Å². The Morgan fingerprint density at radius 3 is 2.81 bits per heavy atom. The second-order valence-corrected chi connectivity index (χ2v) is 9.55. The molecule has 0 bridgehead atoms. The lowest BCUT2D eigenvalue weighted by atomic mass is 10.2. The van der Waals surface area contributed by atoms with Gasteiger partial charge in [-0.1, -0.05) is 34.7 Å². The van der Waals surface area contributed by atoms with Gasteiger partial charge in [-0.05, 0) is 50.3 Å². The van der Waals surface area contributed by atoms with Gasteiger partial charge in [-0.3, -0.25) is 0 Å². The van der Waals surface area contributed by atoms with E-state index in [-0.39, 0.29) is 23.7 Å². The van der Waals surface area contributed by atoms with Crippen LogP contribution in [0.5, 0.6) is 0 Å². The maximum atomic E-state index is 12.2. The predicted octanol–water partition coefficient (Wildman–Crippen LogP) is 5.21. The molecule has 0 aliphatic carbocycles. The third kappa shape index (κ3) is 4.45. The Hall–Kier alpha value is -2.47. The van der Waals surface area contributed by atoms with Gasteiger partial charge in [0.2, 0.25) is 5.71 Å². The molecule has 0 fully saturated rings. The van der Waals surface area contributed by atoms with Gasteiger partial charge < -0.3 is 14.9 Å². The Morgan fingerprint density at radius 2 is 2.10 bits per heavy atom. The first kappa shape index (κ1) is 21.8.